The van der Waals surface area contributed by atoms with Gasteiger partial charge in [-0.3, -0.25) is 4.99 Å². The Morgan fingerprint density at radius 2 is 1.27 bits per heavy atom. The maximum absolute atomic E-state index is 5.25. The highest BCUT2D eigenvalue weighted by molar-refractivity contribution is 7.21. The second-order valence-electron chi connectivity index (χ2n) is 14.9. The number of benzene rings is 5. The van der Waals surface area contributed by atoms with Crippen LogP contribution in [-0.2, 0) is 5.41 Å². The number of hydrogen-bond donors (Lipinski definition) is 0. The average molecular weight is 649 g/mol. The highest BCUT2D eigenvalue weighted by Gasteiger charge is 2.20. The Kier molecular flexibility index (Phi) is 9.54. The van der Waals surface area contributed by atoms with E-state index < -0.39 is 0 Å². The third kappa shape index (κ3) is 6.93. The van der Waals surface area contributed by atoms with Crippen molar-refractivity contribution in [3.63, 3.8) is 0 Å². The van der Waals surface area contributed by atoms with E-state index in [0.717, 1.165) is 32.9 Å². The normalized spacial score (nSPS) is 12.3. The SMILES string of the molecule is CC(C)c1cc(C(C)C)c(-c2ccc(-c3cccc4sc(-c5ccccc5N=Cc5cccc(C(C)(C)C)c5)nc34)cc2)c(C(C)C)c1. The second kappa shape index (κ2) is 13.6. The van der Waals surface area contributed by atoms with Gasteiger partial charge in [-0.15, -0.1) is 11.3 Å². The molecule has 2 nitrogen and oxygen atoms in total. The van der Waals surface area contributed by atoms with E-state index in [-0.39, 0.29) is 5.41 Å². The zero-order chi connectivity index (χ0) is 34.2. The molecule has 0 bridgehead atoms. The quantitative estimate of drug-likeness (QED) is 0.151. The van der Waals surface area contributed by atoms with Gasteiger partial charge >= 0.3 is 0 Å². The summed E-state index contributed by atoms with van der Waals surface area (Å²) in [6.07, 6.45) is 1.97. The predicted octanol–water partition coefficient (Wildman–Crippen LogP) is 13.7. The van der Waals surface area contributed by atoms with Crippen LogP contribution in [0.25, 0.3) is 43.0 Å². The number of aliphatic imine (C=N–C) groups is 1. The van der Waals surface area contributed by atoms with Crippen LogP contribution in [0.3, 0.4) is 0 Å². The number of thiazole rings is 1. The molecule has 0 saturated heterocycles. The summed E-state index contributed by atoms with van der Waals surface area (Å²) >= 11 is 1.73. The number of fused-ring (bicyclic) bond motifs is 1. The van der Waals surface area contributed by atoms with Crippen LogP contribution >= 0.6 is 11.3 Å². The van der Waals surface area contributed by atoms with E-state index in [2.05, 4.69) is 159 Å². The van der Waals surface area contributed by atoms with Gasteiger partial charge < -0.3 is 0 Å². The molecule has 244 valence electrons. The lowest BCUT2D eigenvalue weighted by Crippen LogP contribution is -2.11. The van der Waals surface area contributed by atoms with Gasteiger partial charge in [0.05, 0.1) is 15.9 Å². The van der Waals surface area contributed by atoms with Gasteiger partial charge in [-0.25, -0.2) is 4.98 Å². The third-order valence-electron chi connectivity index (χ3n) is 9.28. The highest BCUT2D eigenvalue weighted by atomic mass is 32.1. The third-order valence-corrected chi connectivity index (χ3v) is 10.3. The van der Waals surface area contributed by atoms with Crippen LogP contribution in [0, 0.1) is 0 Å². The predicted molar refractivity (Wildman–Crippen MR) is 211 cm³/mol. The summed E-state index contributed by atoms with van der Waals surface area (Å²) in [7, 11) is 0. The van der Waals surface area contributed by atoms with E-state index in [1.54, 1.807) is 11.3 Å². The van der Waals surface area contributed by atoms with Gasteiger partial charge in [0.15, 0.2) is 0 Å². The van der Waals surface area contributed by atoms with Crippen LogP contribution in [0.1, 0.15) is 108 Å². The summed E-state index contributed by atoms with van der Waals surface area (Å²) in [5.41, 5.74) is 14.8. The maximum atomic E-state index is 5.25. The van der Waals surface area contributed by atoms with Gasteiger partial charge in [-0.1, -0.05) is 141 Å². The topological polar surface area (TPSA) is 25.2 Å². The molecule has 3 heteroatoms. The Bertz CT molecular complexity index is 2060. The number of para-hydroxylation sites is 2. The van der Waals surface area contributed by atoms with Crippen LogP contribution in [0.4, 0.5) is 5.69 Å². The molecule has 0 unspecified atom stereocenters. The molecule has 0 atom stereocenters. The first kappa shape index (κ1) is 33.6. The largest absolute Gasteiger partial charge is 0.256 e. The summed E-state index contributed by atoms with van der Waals surface area (Å²) < 4.78 is 1.18. The van der Waals surface area contributed by atoms with E-state index in [4.69, 9.17) is 9.98 Å². The monoisotopic (exact) mass is 648 g/mol. The van der Waals surface area contributed by atoms with Crippen molar-refractivity contribution in [3.05, 3.63) is 131 Å². The average Bonchev–Trinajstić information content (AvgIpc) is 3.51. The molecule has 1 heterocycles. The Labute approximate surface area is 291 Å². The molecule has 0 N–H and O–H groups in total. The van der Waals surface area contributed by atoms with Crippen molar-refractivity contribution in [2.75, 3.05) is 0 Å². The van der Waals surface area contributed by atoms with E-state index in [1.807, 2.05) is 12.3 Å². The Balaban J connectivity index is 1.36. The lowest BCUT2D eigenvalue weighted by atomic mass is 9.81. The molecule has 0 radical (unpaired) electrons. The molecule has 6 aromatic rings. The molecule has 0 saturated carbocycles. The summed E-state index contributed by atoms with van der Waals surface area (Å²) in [4.78, 5) is 10.2. The summed E-state index contributed by atoms with van der Waals surface area (Å²) in [6, 6.07) is 37.6. The van der Waals surface area contributed by atoms with Gasteiger partial charge in [-0.2, -0.15) is 0 Å². The molecule has 0 aliphatic carbocycles. The number of rotatable bonds is 8. The smallest absolute Gasteiger partial charge is 0.126 e. The molecule has 0 fully saturated rings. The van der Waals surface area contributed by atoms with Crippen LogP contribution in [0.5, 0.6) is 0 Å². The minimum Gasteiger partial charge on any atom is -0.256 e. The second-order valence-corrected chi connectivity index (χ2v) is 16.0. The van der Waals surface area contributed by atoms with Gasteiger partial charge in [0, 0.05) is 17.3 Å². The molecular weight excluding hydrogens is 601 g/mol. The molecule has 1 aromatic heterocycles. The van der Waals surface area contributed by atoms with E-state index in [1.165, 1.54) is 43.6 Å². The van der Waals surface area contributed by atoms with Crippen molar-refractivity contribution in [2.45, 2.75) is 85.5 Å². The van der Waals surface area contributed by atoms with Crippen molar-refractivity contribution < 1.29 is 0 Å². The number of hydrogen-bond acceptors (Lipinski definition) is 3. The van der Waals surface area contributed by atoms with Gasteiger partial charge in [0.2, 0.25) is 0 Å². The van der Waals surface area contributed by atoms with Gasteiger partial charge in [-0.05, 0) is 91.9 Å². The van der Waals surface area contributed by atoms with Crippen molar-refractivity contribution in [3.8, 4) is 32.8 Å². The van der Waals surface area contributed by atoms with Gasteiger partial charge in [0.1, 0.15) is 5.01 Å². The Morgan fingerprint density at radius 1 is 0.646 bits per heavy atom. The summed E-state index contributed by atoms with van der Waals surface area (Å²) in [5, 5.41) is 0.985. The van der Waals surface area contributed by atoms with E-state index in [9.17, 15) is 0 Å². The molecular formula is C45H48N2S. The fourth-order valence-electron chi connectivity index (χ4n) is 6.40. The molecule has 5 aromatic carbocycles. The molecule has 0 amide bonds. The molecule has 0 spiro atoms. The fourth-order valence-corrected chi connectivity index (χ4v) is 7.43. The minimum absolute atomic E-state index is 0.0912. The fraction of sp³-hybridized carbons (Fsp3) is 0.289. The maximum Gasteiger partial charge on any atom is 0.126 e. The van der Waals surface area contributed by atoms with Crippen molar-refractivity contribution >= 4 is 33.5 Å². The number of nitrogens with zero attached hydrogens (tertiary/aromatic N) is 2. The van der Waals surface area contributed by atoms with Crippen LogP contribution in [-0.4, -0.2) is 11.2 Å². The minimum atomic E-state index is 0.0912. The molecule has 0 aliphatic heterocycles. The first-order valence-corrected chi connectivity index (χ1v) is 18.1. The summed E-state index contributed by atoms with van der Waals surface area (Å²) in [5.74, 6) is 1.39. The standard InChI is InChI=1S/C45H48N2S/c1-28(2)34-25-38(29(3)4)42(39(26-34)30(5)6)33-22-20-32(21-23-33)36-17-13-19-41-43(36)47-44(48-41)37-16-10-11-18-40(37)46-27-31-14-12-15-35(24-31)45(7,8)9/h10-30H,1-9H3. The molecule has 0 aliphatic rings. The van der Waals surface area contributed by atoms with Gasteiger partial charge in [0.25, 0.3) is 0 Å². The number of aromatic nitrogens is 1. The lowest BCUT2D eigenvalue weighted by molar-refractivity contribution is 0.590. The van der Waals surface area contributed by atoms with Crippen molar-refractivity contribution in [1.29, 1.82) is 0 Å². The summed E-state index contributed by atoms with van der Waals surface area (Å²) in [6.45, 7) is 20.6. The van der Waals surface area contributed by atoms with E-state index in [0.29, 0.717) is 17.8 Å². The van der Waals surface area contributed by atoms with Crippen molar-refractivity contribution in [1.82, 2.24) is 4.98 Å². The highest BCUT2D eigenvalue weighted by Crippen LogP contribution is 2.42. The van der Waals surface area contributed by atoms with Crippen LogP contribution < -0.4 is 0 Å². The molecule has 6 rings (SSSR count). The van der Waals surface area contributed by atoms with Crippen LogP contribution in [0.15, 0.2) is 108 Å². The van der Waals surface area contributed by atoms with E-state index >= 15 is 0 Å². The van der Waals surface area contributed by atoms with Crippen LogP contribution in [0.2, 0.25) is 0 Å². The molecule has 48 heavy (non-hydrogen) atoms. The zero-order valence-electron chi connectivity index (χ0n) is 29.9. The first-order valence-electron chi connectivity index (χ1n) is 17.3. The first-order chi connectivity index (χ1) is 22.9. The Morgan fingerprint density at radius 3 is 1.92 bits per heavy atom. The lowest BCUT2D eigenvalue weighted by Gasteiger charge is -2.23. The Hall–Kier alpha value is -4.34. The zero-order valence-corrected chi connectivity index (χ0v) is 30.7. The van der Waals surface area contributed by atoms with Crippen molar-refractivity contribution in [2.24, 2.45) is 4.99 Å².